The van der Waals surface area contributed by atoms with Crippen LogP contribution in [-0.4, -0.2) is 36.1 Å². The first-order chi connectivity index (χ1) is 10.8. The van der Waals surface area contributed by atoms with Crippen molar-refractivity contribution in [3.8, 4) is 0 Å². The minimum absolute atomic E-state index is 0.706. The maximum absolute atomic E-state index is 5.92. The summed E-state index contributed by atoms with van der Waals surface area (Å²) in [5, 5.41) is 0.706. The van der Waals surface area contributed by atoms with E-state index in [9.17, 15) is 0 Å². The van der Waals surface area contributed by atoms with Crippen LogP contribution in [0.2, 0.25) is 5.02 Å². The molecule has 4 heteroatoms. The number of hydrogen-bond donors (Lipinski definition) is 0. The van der Waals surface area contributed by atoms with Crippen LogP contribution in [0.1, 0.15) is 5.56 Å². The van der Waals surface area contributed by atoms with Crippen molar-refractivity contribution in [1.29, 1.82) is 0 Å². The number of pyridine rings is 1. The van der Waals surface area contributed by atoms with Gasteiger partial charge in [0.05, 0.1) is 5.02 Å². The molecule has 2 unspecified atom stereocenters. The summed E-state index contributed by atoms with van der Waals surface area (Å²) in [6.07, 6.45) is 1.74. The molecule has 0 radical (unpaired) electrons. The summed E-state index contributed by atoms with van der Waals surface area (Å²) in [4.78, 5) is 9.46. The highest BCUT2D eigenvalue weighted by Crippen LogP contribution is 2.34. The van der Waals surface area contributed by atoms with Gasteiger partial charge in [-0.3, -0.25) is 4.90 Å². The van der Waals surface area contributed by atoms with E-state index < -0.39 is 0 Å². The topological polar surface area (TPSA) is 19.4 Å². The van der Waals surface area contributed by atoms with E-state index in [4.69, 9.17) is 11.6 Å². The summed E-state index contributed by atoms with van der Waals surface area (Å²) in [5.41, 5.74) is 1.42. The third-order valence-electron chi connectivity index (χ3n) is 4.85. The highest BCUT2D eigenvalue weighted by molar-refractivity contribution is 6.30. The zero-order chi connectivity index (χ0) is 14.9. The second-order valence-corrected chi connectivity index (χ2v) is 6.88. The second kappa shape index (κ2) is 5.90. The highest BCUT2D eigenvalue weighted by atomic mass is 35.5. The number of anilines is 1. The van der Waals surface area contributed by atoms with Gasteiger partial charge in [0, 0.05) is 38.9 Å². The molecule has 2 fully saturated rings. The normalized spacial score (nSPS) is 24.7. The van der Waals surface area contributed by atoms with Crippen molar-refractivity contribution < 1.29 is 0 Å². The first kappa shape index (κ1) is 14.0. The number of rotatable bonds is 3. The Balaban J connectivity index is 1.37. The largest absolute Gasteiger partial charge is 0.356 e. The van der Waals surface area contributed by atoms with Gasteiger partial charge in [0.15, 0.2) is 0 Å². The van der Waals surface area contributed by atoms with Crippen LogP contribution in [0.25, 0.3) is 0 Å². The quantitative estimate of drug-likeness (QED) is 0.866. The average Bonchev–Trinajstić information content (AvgIpc) is 3.07. The molecule has 2 atom stereocenters. The van der Waals surface area contributed by atoms with Crippen LogP contribution < -0.4 is 4.90 Å². The van der Waals surface area contributed by atoms with Gasteiger partial charge in [-0.15, -0.1) is 0 Å². The van der Waals surface area contributed by atoms with Gasteiger partial charge < -0.3 is 4.90 Å². The Morgan fingerprint density at radius 1 is 0.955 bits per heavy atom. The van der Waals surface area contributed by atoms with Crippen LogP contribution in [0.5, 0.6) is 0 Å². The SMILES string of the molecule is Clc1ccc(N2CC3CN(Cc4ccccc4)CC3C2)nc1. The van der Waals surface area contributed by atoms with E-state index in [-0.39, 0.29) is 0 Å². The Hall–Kier alpha value is -1.58. The Kier molecular flexibility index (Phi) is 3.77. The zero-order valence-corrected chi connectivity index (χ0v) is 13.3. The van der Waals surface area contributed by atoms with Crippen molar-refractivity contribution in [2.45, 2.75) is 6.54 Å². The van der Waals surface area contributed by atoms with Gasteiger partial charge in [-0.1, -0.05) is 41.9 Å². The molecule has 2 aromatic rings. The summed E-state index contributed by atoms with van der Waals surface area (Å²) in [7, 11) is 0. The molecule has 2 aliphatic heterocycles. The number of aromatic nitrogens is 1. The highest BCUT2D eigenvalue weighted by Gasteiger charge is 2.40. The molecule has 3 heterocycles. The lowest BCUT2D eigenvalue weighted by Crippen LogP contribution is -2.29. The van der Waals surface area contributed by atoms with Crippen molar-refractivity contribution in [1.82, 2.24) is 9.88 Å². The smallest absolute Gasteiger partial charge is 0.128 e. The fourth-order valence-electron chi connectivity index (χ4n) is 3.80. The van der Waals surface area contributed by atoms with Crippen molar-refractivity contribution in [3.05, 3.63) is 59.2 Å². The Morgan fingerprint density at radius 3 is 2.32 bits per heavy atom. The molecule has 0 aliphatic carbocycles. The molecule has 0 saturated carbocycles. The summed E-state index contributed by atoms with van der Waals surface area (Å²) < 4.78 is 0. The molecule has 0 amide bonds. The van der Waals surface area contributed by atoms with Crippen LogP contribution in [-0.2, 0) is 6.54 Å². The van der Waals surface area contributed by atoms with Crippen molar-refractivity contribution in [3.63, 3.8) is 0 Å². The van der Waals surface area contributed by atoms with Gasteiger partial charge in [-0.05, 0) is 29.5 Å². The molecule has 3 nitrogen and oxygen atoms in total. The fourth-order valence-corrected chi connectivity index (χ4v) is 3.91. The molecule has 0 N–H and O–H groups in total. The average molecular weight is 314 g/mol. The van der Waals surface area contributed by atoms with Gasteiger partial charge in [-0.25, -0.2) is 4.98 Å². The van der Waals surface area contributed by atoms with E-state index in [1.54, 1.807) is 6.20 Å². The predicted octanol–water partition coefficient (Wildman–Crippen LogP) is 3.30. The Bertz CT molecular complexity index is 615. The molecular formula is C18H20ClN3. The molecule has 22 heavy (non-hydrogen) atoms. The van der Waals surface area contributed by atoms with Gasteiger partial charge in [0.25, 0.3) is 0 Å². The van der Waals surface area contributed by atoms with Crippen LogP contribution in [0, 0.1) is 11.8 Å². The molecule has 114 valence electrons. The van der Waals surface area contributed by atoms with Gasteiger partial charge in [-0.2, -0.15) is 0 Å². The molecule has 0 spiro atoms. The van der Waals surface area contributed by atoms with Crippen LogP contribution in [0.15, 0.2) is 48.7 Å². The standard InChI is InChI=1S/C18H20ClN3/c19-17-6-7-18(20-8-17)22-12-15-10-21(11-16(15)13-22)9-14-4-2-1-3-5-14/h1-8,15-16H,9-13H2. The molecule has 2 aliphatic rings. The molecule has 1 aromatic heterocycles. The van der Waals surface area contributed by atoms with Gasteiger partial charge >= 0.3 is 0 Å². The first-order valence-corrected chi connectivity index (χ1v) is 8.28. The van der Waals surface area contributed by atoms with E-state index in [2.05, 4.69) is 45.1 Å². The van der Waals surface area contributed by atoms with Crippen molar-refractivity contribution in [2.75, 3.05) is 31.1 Å². The molecule has 2 saturated heterocycles. The molecule has 4 rings (SSSR count). The van der Waals surface area contributed by atoms with Crippen molar-refractivity contribution in [2.24, 2.45) is 11.8 Å². The molecule has 1 aromatic carbocycles. The third kappa shape index (κ3) is 2.83. The number of benzene rings is 1. The lowest BCUT2D eigenvalue weighted by atomic mass is 10.0. The first-order valence-electron chi connectivity index (χ1n) is 7.91. The maximum atomic E-state index is 5.92. The number of halogens is 1. The summed E-state index contributed by atoms with van der Waals surface area (Å²) in [6.45, 7) is 5.70. The Morgan fingerprint density at radius 2 is 1.68 bits per heavy atom. The van der Waals surface area contributed by atoms with Crippen LogP contribution in [0.3, 0.4) is 0 Å². The third-order valence-corrected chi connectivity index (χ3v) is 5.07. The van der Waals surface area contributed by atoms with Crippen LogP contribution in [0.4, 0.5) is 5.82 Å². The summed E-state index contributed by atoms with van der Waals surface area (Å²) in [5.74, 6) is 2.59. The minimum atomic E-state index is 0.706. The number of fused-ring (bicyclic) bond motifs is 1. The van der Waals surface area contributed by atoms with Gasteiger partial charge in [0.2, 0.25) is 0 Å². The van der Waals surface area contributed by atoms with Crippen molar-refractivity contribution >= 4 is 17.4 Å². The van der Waals surface area contributed by atoms with Crippen LogP contribution >= 0.6 is 11.6 Å². The van der Waals surface area contributed by atoms with E-state index in [1.165, 1.54) is 18.7 Å². The lowest BCUT2D eigenvalue weighted by Gasteiger charge is -2.22. The number of likely N-dealkylation sites (tertiary alicyclic amines) is 1. The summed E-state index contributed by atoms with van der Waals surface area (Å²) in [6, 6.07) is 14.7. The zero-order valence-electron chi connectivity index (χ0n) is 12.5. The van der Waals surface area contributed by atoms with E-state index in [0.717, 1.165) is 37.3 Å². The van der Waals surface area contributed by atoms with E-state index >= 15 is 0 Å². The number of hydrogen-bond acceptors (Lipinski definition) is 3. The van der Waals surface area contributed by atoms with E-state index in [0.29, 0.717) is 5.02 Å². The second-order valence-electron chi connectivity index (χ2n) is 6.44. The molecule has 0 bridgehead atoms. The predicted molar refractivity (Wildman–Crippen MR) is 90.2 cm³/mol. The fraction of sp³-hybridized carbons (Fsp3) is 0.389. The number of nitrogens with zero attached hydrogens (tertiary/aromatic N) is 3. The van der Waals surface area contributed by atoms with Gasteiger partial charge in [0.1, 0.15) is 5.82 Å². The van der Waals surface area contributed by atoms with E-state index in [1.807, 2.05) is 12.1 Å². The maximum Gasteiger partial charge on any atom is 0.128 e. The summed E-state index contributed by atoms with van der Waals surface area (Å²) >= 11 is 5.92. The molecular weight excluding hydrogens is 294 g/mol. The monoisotopic (exact) mass is 313 g/mol. The lowest BCUT2D eigenvalue weighted by molar-refractivity contribution is 0.309. The minimum Gasteiger partial charge on any atom is -0.356 e. The Labute approximate surface area is 136 Å².